The van der Waals surface area contributed by atoms with Crippen LogP contribution < -0.4 is 0 Å². The van der Waals surface area contributed by atoms with Gasteiger partial charge in [0.2, 0.25) is 0 Å². The van der Waals surface area contributed by atoms with Gasteiger partial charge in [0.1, 0.15) is 0 Å². The lowest BCUT2D eigenvalue weighted by Gasteiger charge is -2.32. The highest BCUT2D eigenvalue weighted by molar-refractivity contribution is 9.09. The Morgan fingerprint density at radius 3 is 2.69 bits per heavy atom. The van der Waals surface area contributed by atoms with Crippen LogP contribution in [0, 0.1) is 5.92 Å². The van der Waals surface area contributed by atoms with Crippen molar-refractivity contribution in [1.29, 1.82) is 0 Å². The molecule has 1 saturated heterocycles. The SMILES string of the molecule is CC(Br)C1CCN(Cc2ccc(Cl)s2)CC1. The van der Waals surface area contributed by atoms with Crippen LogP contribution in [0.25, 0.3) is 0 Å². The van der Waals surface area contributed by atoms with E-state index in [0.29, 0.717) is 4.83 Å². The highest BCUT2D eigenvalue weighted by Crippen LogP contribution is 2.28. The fraction of sp³-hybridized carbons (Fsp3) is 0.667. The van der Waals surface area contributed by atoms with E-state index < -0.39 is 0 Å². The Morgan fingerprint density at radius 1 is 1.50 bits per heavy atom. The molecule has 1 aromatic heterocycles. The van der Waals surface area contributed by atoms with Crippen molar-refractivity contribution in [3.63, 3.8) is 0 Å². The molecule has 2 rings (SSSR count). The largest absolute Gasteiger partial charge is 0.298 e. The zero-order chi connectivity index (χ0) is 11.5. The van der Waals surface area contributed by atoms with Crippen molar-refractivity contribution in [3.05, 3.63) is 21.3 Å². The molecule has 0 spiro atoms. The van der Waals surface area contributed by atoms with Gasteiger partial charge >= 0.3 is 0 Å². The van der Waals surface area contributed by atoms with Crippen LogP contribution >= 0.6 is 38.9 Å². The van der Waals surface area contributed by atoms with Gasteiger partial charge in [0.25, 0.3) is 0 Å². The molecule has 0 saturated carbocycles. The fourth-order valence-electron chi connectivity index (χ4n) is 2.23. The van der Waals surface area contributed by atoms with E-state index >= 15 is 0 Å². The molecule has 0 aromatic carbocycles. The maximum atomic E-state index is 5.94. The van der Waals surface area contributed by atoms with Gasteiger partial charge in [-0.2, -0.15) is 0 Å². The van der Waals surface area contributed by atoms with Gasteiger partial charge < -0.3 is 0 Å². The smallest absolute Gasteiger partial charge is 0.0931 e. The monoisotopic (exact) mass is 321 g/mol. The third kappa shape index (κ3) is 3.46. The number of hydrogen-bond donors (Lipinski definition) is 0. The quantitative estimate of drug-likeness (QED) is 0.746. The first kappa shape index (κ1) is 12.9. The topological polar surface area (TPSA) is 3.24 Å². The summed E-state index contributed by atoms with van der Waals surface area (Å²) in [5.41, 5.74) is 0. The Bertz CT molecular complexity index is 332. The van der Waals surface area contributed by atoms with Gasteiger partial charge in [0.15, 0.2) is 0 Å². The summed E-state index contributed by atoms with van der Waals surface area (Å²) >= 11 is 11.3. The third-order valence-electron chi connectivity index (χ3n) is 3.29. The van der Waals surface area contributed by atoms with Crippen LogP contribution in [0.2, 0.25) is 4.34 Å². The molecule has 1 fully saturated rings. The number of alkyl halides is 1. The standard InChI is InChI=1S/C12H17BrClNS/c1-9(13)10-4-6-15(7-5-10)8-11-2-3-12(14)16-11/h2-3,9-10H,4-8H2,1H3. The van der Waals surface area contributed by atoms with E-state index in [0.717, 1.165) is 16.8 Å². The highest BCUT2D eigenvalue weighted by atomic mass is 79.9. The second kappa shape index (κ2) is 5.85. The molecular formula is C12H17BrClNS. The Labute approximate surface area is 115 Å². The molecule has 4 heteroatoms. The van der Waals surface area contributed by atoms with E-state index in [1.807, 2.05) is 6.07 Å². The first-order valence-corrected chi connectivity index (χ1v) is 7.87. The predicted molar refractivity (Wildman–Crippen MR) is 75.7 cm³/mol. The normalized spacial score (nSPS) is 21.2. The molecular weight excluding hydrogens is 306 g/mol. The Balaban J connectivity index is 1.81. The van der Waals surface area contributed by atoms with Crippen LogP contribution in [0.1, 0.15) is 24.6 Å². The molecule has 1 unspecified atom stereocenters. The Kier molecular flexibility index (Phi) is 4.71. The minimum atomic E-state index is 0.658. The van der Waals surface area contributed by atoms with Crippen molar-refractivity contribution in [1.82, 2.24) is 4.90 Å². The van der Waals surface area contributed by atoms with Gasteiger partial charge in [-0.15, -0.1) is 11.3 Å². The summed E-state index contributed by atoms with van der Waals surface area (Å²) < 4.78 is 0.902. The Hall–Kier alpha value is 0.430. The molecule has 0 bridgehead atoms. The lowest BCUT2D eigenvalue weighted by molar-refractivity contribution is 0.179. The van der Waals surface area contributed by atoms with E-state index in [2.05, 4.69) is 33.8 Å². The second-order valence-electron chi connectivity index (χ2n) is 4.50. The number of rotatable bonds is 3. The van der Waals surface area contributed by atoms with Crippen LogP contribution in [-0.4, -0.2) is 22.8 Å². The zero-order valence-corrected chi connectivity index (χ0v) is 12.6. The maximum absolute atomic E-state index is 5.94. The van der Waals surface area contributed by atoms with Crippen LogP contribution in [0.5, 0.6) is 0 Å². The van der Waals surface area contributed by atoms with Crippen molar-refractivity contribution in [2.45, 2.75) is 31.1 Å². The summed E-state index contributed by atoms with van der Waals surface area (Å²) in [4.78, 5) is 4.58. The lowest BCUT2D eigenvalue weighted by Crippen LogP contribution is -2.35. The molecule has 1 nitrogen and oxygen atoms in total. The summed E-state index contributed by atoms with van der Waals surface area (Å²) in [6, 6.07) is 4.14. The molecule has 1 atom stereocenters. The number of halogens is 2. The third-order valence-corrected chi connectivity index (χ3v) is 5.25. The first-order chi connectivity index (χ1) is 7.65. The number of nitrogens with zero attached hydrogens (tertiary/aromatic N) is 1. The molecule has 0 N–H and O–H groups in total. The average Bonchev–Trinajstić information content (AvgIpc) is 2.65. The van der Waals surface area contributed by atoms with Crippen LogP contribution in [0.4, 0.5) is 0 Å². The van der Waals surface area contributed by atoms with Gasteiger partial charge in [0.05, 0.1) is 4.34 Å². The zero-order valence-electron chi connectivity index (χ0n) is 9.46. The summed E-state index contributed by atoms with van der Waals surface area (Å²) in [6.07, 6.45) is 2.62. The average molecular weight is 323 g/mol. The molecule has 2 heterocycles. The maximum Gasteiger partial charge on any atom is 0.0931 e. The van der Waals surface area contributed by atoms with Crippen molar-refractivity contribution in [3.8, 4) is 0 Å². The van der Waals surface area contributed by atoms with E-state index in [-0.39, 0.29) is 0 Å². The molecule has 1 aliphatic heterocycles. The van der Waals surface area contributed by atoms with Gasteiger partial charge in [-0.3, -0.25) is 4.90 Å². The number of piperidine rings is 1. The van der Waals surface area contributed by atoms with Crippen molar-refractivity contribution in [2.75, 3.05) is 13.1 Å². The highest BCUT2D eigenvalue weighted by Gasteiger charge is 2.22. The van der Waals surface area contributed by atoms with Crippen LogP contribution in [-0.2, 0) is 6.54 Å². The van der Waals surface area contributed by atoms with E-state index in [9.17, 15) is 0 Å². The van der Waals surface area contributed by atoms with Gasteiger partial charge in [-0.25, -0.2) is 0 Å². The molecule has 16 heavy (non-hydrogen) atoms. The van der Waals surface area contributed by atoms with Crippen LogP contribution in [0.15, 0.2) is 12.1 Å². The molecule has 1 aromatic rings. The molecule has 0 amide bonds. The van der Waals surface area contributed by atoms with E-state index in [1.54, 1.807) is 11.3 Å². The summed E-state index contributed by atoms with van der Waals surface area (Å²) in [5.74, 6) is 0.850. The fourth-order valence-corrected chi connectivity index (χ4v) is 3.89. The minimum absolute atomic E-state index is 0.658. The molecule has 90 valence electrons. The Morgan fingerprint density at radius 2 is 2.19 bits per heavy atom. The van der Waals surface area contributed by atoms with Gasteiger partial charge in [-0.05, 0) is 44.0 Å². The van der Waals surface area contributed by atoms with E-state index in [4.69, 9.17) is 11.6 Å². The predicted octanol–water partition coefficient (Wildman–Crippen LogP) is 4.40. The second-order valence-corrected chi connectivity index (χ2v) is 7.74. The molecule has 0 aliphatic carbocycles. The minimum Gasteiger partial charge on any atom is -0.298 e. The van der Waals surface area contributed by atoms with Gasteiger partial charge in [-0.1, -0.05) is 34.5 Å². The number of hydrogen-bond acceptors (Lipinski definition) is 2. The number of likely N-dealkylation sites (tertiary alicyclic amines) is 1. The summed E-state index contributed by atoms with van der Waals surface area (Å²) in [7, 11) is 0. The lowest BCUT2D eigenvalue weighted by atomic mass is 9.94. The first-order valence-electron chi connectivity index (χ1n) is 5.76. The van der Waals surface area contributed by atoms with E-state index in [1.165, 1.54) is 30.8 Å². The number of thiophene rings is 1. The van der Waals surface area contributed by atoms with Crippen molar-refractivity contribution < 1.29 is 0 Å². The molecule has 0 radical (unpaired) electrons. The molecule has 1 aliphatic rings. The van der Waals surface area contributed by atoms with Gasteiger partial charge in [0, 0.05) is 16.2 Å². The van der Waals surface area contributed by atoms with Crippen LogP contribution in [0.3, 0.4) is 0 Å². The summed E-state index contributed by atoms with van der Waals surface area (Å²) in [5, 5.41) is 0. The summed E-state index contributed by atoms with van der Waals surface area (Å²) in [6.45, 7) is 5.77. The van der Waals surface area contributed by atoms with Crippen molar-refractivity contribution >= 4 is 38.9 Å². The van der Waals surface area contributed by atoms with Crippen molar-refractivity contribution in [2.24, 2.45) is 5.92 Å².